The van der Waals surface area contributed by atoms with Crippen molar-refractivity contribution >= 4 is 52.4 Å². The van der Waals surface area contributed by atoms with E-state index in [9.17, 15) is 9.90 Å². The zero-order valence-electron chi connectivity index (χ0n) is 23.1. The Morgan fingerprint density at radius 1 is 0.944 bits per heavy atom. The predicted octanol–water partition coefficient (Wildman–Crippen LogP) is 7.82. The number of carbonyl (C=O) groups excluding carboxylic acids is 1. The van der Waals surface area contributed by atoms with Gasteiger partial charge in [-0.1, -0.05) is 65.2 Å². The third kappa shape index (κ3) is 4.54. The van der Waals surface area contributed by atoms with Crippen molar-refractivity contribution in [1.29, 1.82) is 0 Å². The van der Waals surface area contributed by atoms with Crippen molar-refractivity contribution in [1.82, 2.24) is 14.5 Å². The SMILES string of the molecule is C=Cc1c(/C=C\C)c2c(C=O)c(CNC)c3c(/C=C\C)c(C=C)n4c3c2n1CCCC4O.CC.CC. The fourth-order valence-electron chi connectivity index (χ4n) is 5.32. The standard InChI is InChI=1S/C27H31N3O2.2C2H6/c1-6-11-17-21(8-3)29-14-10-13-23(32)30-22(9-4)18(12-7-2)24-19(15-28-5)20(16-31)25(17)26(29)27(24)30;2*1-2/h6-9,11-12,16,23,28,32H,3-4,10,13-15H2,1-2,5H3;2*1-2H3/b11-6-,12-7-;;. The first-order chi connectivity index (χ1) is 17.6. The lowest BCUT2D eigenvalue weighted by atomic mass is 9.93. The molecule has 1 aliphatic rings. The molecule has 0 saturated carbocycles. The maximum absolute atomic E-state index is 12.6. The van der Waals surface area contributed by atoms with E-state index in [1.54, 1.807) is 0 Å². The van der Waals surface area contributed by atoms with Gasteiger partial charge in [0.25, 0.3) is 0 Å². The van der Waals surface area contributed by atoms with Crippen molar-refractivity contribution in [3.05, 3.63) is 59.0 Å². The van der Waals surface area contributed by atoms with Crippen LogP contribution in [0.3, 0.4) is 0 Å². The van der Waals surface area contributed by atoms with Crippen LogP contribution in [-0.4, -0.2) is 27.6 Å². The fourth-order valence-corrected chi connectivity index (χ4v) is 5.32. The Balaban J connectivity index is 0.00000109. The van der Waals surface area contributed by atoms with Crippen LogP contribution in [0, 0.1) is 0 Å². The summed E-state index contributed by atoms with van der Waals surface area (Å²) in [5, 5.41) is 16.4. The molecule has 0 aliphatic carbocycles. The van der Waals surface area contributed by atoms with Crippen molar-refractivity contribution in [2.75, 3.05) is 7.05 Å². The molecule has 36 heavy (non-hydrogen) atoms. The normalized spacial score (nSPS) is 14.9. The van der Waals surface area contributed by atoms with E-state index in [0.717, 1.165) is 69.1 Å². The number of aromatic nitrogens is 2. The van der Waals surface area contributed by atoms with Gasteiger partial charge in [-0.2, -0.15) is 0 Å². The van der Waals surface area contributed by atoms with Crippen molar-refractivity contribution in [2.45, 2.75) is 73.7 Å². The van der Waals surface area contributed by atoms with Gasteiger partial charge in [0, 0.05) is 46.2 Å². The highest BCUT2D eigenvalue weighted by Gasteiger charge is 2.30. The molecule has 4 rings (SSSR count). The number of hydrogen-bond acceptors (Lipinski definition) is 3. The molecule has 1 aromatic carbocycles. The Hall–Kier alpha value is -3.15. The maximum atomic E-state index is 12.6. The maximum Gasteiger partial charge on any atom is 0.151 e. The minimum atomic E-state index is -0.668. The van der Waals surface area contributed by atoms with E-state index in [1.165, 1.54) is 0 Å². The smallest absolute Gasteiger partial charge is 0.151 e. The first kappa shape index (κ1) is 29.1. The largest absolute Gasteiger partial charge is 0.373 e. The van der Waals surface area contributed by atoms with Crippen LogP contribution in [0.1, 0.15) is 99.0 Å². The molecule has 3 heterocycles. The van der Waals surface area contributed by atoms with Gasteiger partial charge in [0.05, 0.1) is 16.7 Å². The molecule has 0 spiro atoms. The molecule has 0 amide bonds. The van der Waals surface area contributed by atoms with E-state index in [2.05, 4.69) is 35.2 Å². The molecule has 1 aliphatic heterocycles. The highest BCUT2D eigenvalue weighted by Crippen LogP contribution is 2.45. The Morgan fingerprint density at radius 3 is 2.03 bits per heavy atom. The lowest BCUT2D eigenvalue weighted by Gasteiger charge is -2.22. The fraction of sp³-hybridized carbons (Fsp3) is 0.387. The summed E-state index contributed by atoms with van der Waals surface area (Å²) in [6.45, 7) is 21.4. The van der Waals surface area contributed by atoms with E-state index in [4.69, 9.17) is 0 Å². The number of nitrogens with one attached hydrogen (secondary N) is 1. The average molecular weight is 490 g/mol. The van der Waals surface area contributed by atoms with Gasteiger partial charge in [-0.15, -0.1) is 0 Å². The zero-order valence-corrected chi connectivity index (χ0v) is 23.1. The molecule has 5 nitrogen and oxygen atoms in total. The minimum absolute atomic E-state index is 0.533. The van der Waals surface area contributed by atoms with Crippen LogP contribution in [0.25, 0.3) is 46.1 Å². The van der Waals surface area contributed by atoms with Crippen molar-refractivity contribution in [2.24, 2.45) is 0 Å². The third-order valence-corrected chi connectivity index (χ3v) is 6.41. The second-order valence-electron chi connectivity index (χ2n) is 8.14. The number of hydrogen-bond donors (Lipinski definition) is 2. The second-order valence-corrected chi connectivity index (χ2v) is 8.14. The van der Waals surface area contributed by atoms with Crippen LogP contribution in [0.2, 0.25) is 0 Å². The highest BCUT2D eigenvalue weighted by atomic mass is 16.3. The van der Waals surface area contributed by atoms with E-state index in [1.807, 2.05) is 77.5 Å². The topological polar surface area (TPSA) is 59.2 Å². The minimum Gasteiger partial charge on any atom is -0.373 e. The summed E-state index contributed by atoms with van der Waals surface area (Å²) in [6.07, 6.45) is 13.5. The molecular weight excluding hydrogens is 446 g/mol. The van der Waals surface area contributed by atoms with Crippen LogP contribution in [0.4, 0.5) is 0 Å². The molecule has 0 radical (unpaired) electrons. The van der Waals surface area contributed by atoms with Gasteiger partial charge in [0.15, 0.2) is 6.29 Å². The van der Waals surface area contributed by atoms with Gasteiger partial charge in [-0.05, 0) is 51.5 Å². The first-order valence-electron chi connectivity index (χ1n) is 13.2. The number of rotatable bonds is 7. The Kier molecular flexibility index (Phi) is 10.7. The van der Waals surface area contributed by atoms with Crippen LogP contribution < -0.4 is 5.32 Å². The van der Waals surface area contributed by atoms with E-state index < -0.39 is 6.23 Å². The molecule has 1 unspecified atom stereocenters. The quantitative estimate of drug-likeness (QED) is 0.333. The average Bonchev–Trinajstić information content (AvgIpc) is 3.38. The molecular formula is C31H43N3O2. The summed E-state index contributed by atoms with van der Waals surface area (Å²) >= 11 is 0. The number of aldehydes is 1. The molecule has 3 aromatic rings. The summed E-state index contributed by atoms with van der Waals surface area (Å²) in [5.41, 5.74) is 7.39. The summed E-state index contributed by atoms with van der Waals surface area (Å²) in [5.74, 6) is 0. The van der Waals surface area contributed by atoms with Gasteiger partial charge in [0.2, 0.25) is 0 Å². The Morgan fingerprint density at radius 2 is 1.53 bits per heavy atom. The molecule has 194 valence electrons. The lowest BCUT2D eigenvalue weighted by molar-refractivity contribution is 0.0940. The summed E-state index contributed by atoms with van der Waals surface area (Å²) in [6, 6.07) is 0. The van der Waals surface area contributed by atoms with Gasteiger partial charge in [0.1, 0.15) is 6.23 Å². The van der Waals surface area contributed by atoms with E-state index in [-0.39, 0.29) is 0 Å². The number of carbonyl (C=O) groups is 1. The van der Waals surface area contributed by atoms with E-state index in [0.29, 0.717) is 18.5 Å². The number of aliphatic hydroxyl groups is 1. The predicted molar refractivity (Wildman–Crippen MR) is 158 cm³/mol. The summed E-state index contributed by atoms with van der Waals surface area (Å²) in [4.78, 5) is 12.6. The van der Waals surface area contributed by atoms with Crippen molar-refractivity contribution < 1.29 is 9.90 Å². The molecule has 2 N–H and O–H groups in total. The summed E-state index contributed by atoms with van der Waals surface area (Å²) in [7, 11) is 1.89. The summed E-state index contributed by atoms with van der Waals surface area (Å²) < 4.78 is 4.28. The lowest BCUT2D eigenvalue weighted by Crippen LogP contribution is -2.15. The number of nitrogens with zero attached hydrogens (tertiary/aromatic N) is 2. The van der Waals surface area contributed by atoms with Gasteiger partial charge >= 0.3 is 0 Å². The molecule has 1 atom stereocenters. The van der Waals surface area contributed by atoms with Crippen LogP contribution >= 0.6 is 0 Å². The molecule has 5 heteroatoms. The monoisotopic (exact) mass is 489 g/mol. The Labute approximate surface area is 216 Å². The van der Waals surface area contributed by atoms with Crippen molar-refractivity contribution in [3.63, 3.8) is 0 Å². The third-order valence-electron chi connectivity index (χ3n) is 6.41. The van der Waals surface area contributed by atoms with Crippen molar-refractivity contribution in [3.8, 4) is 0 Å². The van der Waals surface area contributed by atoms with Gasteiger partial charge < -0.3 is 19.6 Å². The Bertz CT molecular complexity index is 1300. The van der Waals surface area contributed by atoms with Crippen LogP contribution in [0.15, 0.2) is 25.3 Å². The molecule has 0 fully saturated rings. The molecule has 2 aromatic heterocycles. The number of benzene rings is 1. The van der Waals surface area contributed by atoms with E-state index >= 15 is 0 Å². The number of aliphatic hydroxyl groups excluding tert-OH is 1. The van der Waals surface area contributed by atoms with Gasteiger partial charge in [-0.25, -0.2) is 0 Å². The second kappa shape index (κ2) is 13.2. The van der Waals surface area contributed by atoms with Gasteiger partial charge in [-0.3, -0.25) is 4.79 Å². The number of aryl methyl sites for hydroxylation is 1. The number of allylic oxidation sites excluding steroid dienone is 2. The highest BCUT2D eigenvalue weighted by molar-refractivity contribution is 6.19. The first-order valence-corrected chi connectivity index (χ1v) is 13.2. The van der Waals surface area contributed by atoms with Crippen LogP contribution in [-0.2, 0) is 13.1 Å². The van der Waals surface area contributed by atoms with Crippen LogP contribution in [0.5, 0.6) is 0 Å². The molecule has 0 bridgehead atoms. The molecule has 0 saturated heterocycles. The zero-order chi connectivity index (χ0) is 27.0.